The Labute approximate surface area is 190 Å². The summed E-state index contributed by atoms with van der Waals surface area (Å²) in [5.41, 5.74) is 1.05. The van der Waals surface area contributed by atoms with Crippen LogP contribution in [0, 0.1) is 0 Å². The molecule has 0 saturated carbocycles. The Morgan fingerprint density at radius 1 is 1.06 bits per heavy atom. The molecule has 2 aliphatic rings. The molecule has 0 radical (unpaired) electrons. The minimum absolute atomic E-state index is 0.134. The molecule has 0 aromatic heterocycles. The molecular weight excluding hydrogens is 434 g/mol. The van der Waals surface area contributed by atoms with Crippen LogP contribution in [-0.2, 0) is 19.7 Å². The van der Waals surface area contributed by atoms with Crippen LogP contribution in [0.15, 0.2) is 24.3 Å². The van der Waals surface area contributed by atoms with Crippen molar-refractivity contribution in [3.63, 3.8) is 0 Å². The van der Waals surface area contributed by atoms with Crippen molar-refractivity contribution in [1.82, 2.24) is 18.4 Å². The van der Waals surface area contributed by atoms with Crippen LogP contribution in [0.5, 0.6) is 0 Å². The first-order valence-corrected chi connectivity index (χ1v) is 12.2. The molecule has 11 heteroatoms. The predicted octanol–water partition coefficient (Wildman–Crippen LogP) is 0.299. The number of morpholine rings is 1. The second-order valence-electron chi connectivity index (χ2n) is 8.59. The Balaban J connectivity index is 1.51. The van der Waals surface area contributed by atoms with Gasteiger partial charge in [-0.2, -0.15) is 17.0 Å². The largest absolute Gasteiger partial charge is 0.373 e. The van der Waals surface area contributed by atoms with Gasteiger partial charge >= 0.3 is 0 Å². The van der Waals surface area contributed by atoms with Crippen molar-refractivity contribution < 1.29 is 22.7 Å². The third-order valence-electron chi connectivity index (χ3n) is 5.54. The number of anilines is 1. The summed E-state index contributed by atoms with van der Waals surface area (Å²) in [6.45, 7) is 6.23. The Hall–Kier alpha value is -2.05. The number of ether oxygens (including phenoxy) is 1. The molecule has 1 aromatic rings. The Kier molecular flexibility index (Phi) is 7.88. The summed E-state index contributed by atoms with van der Waals surface area (Å²) in [6.07, 6.45) is -0.268. The molecule has 1 aromatic carbocycles. The lowest BCUT2D eigenvalue weighted by molar-refractivity contribution is -0.117. The molecule has 2 atom stereocenters. The molecule has 0 aliphatic carbocycles. The van der Waals surface area contributed by atoms with Gasteiger partial charge in [0.05, 0.1) is 18.8 Å². The summed E-state index contributed by atoms with van der Waals surface area (Å²) in [5.74, 6) is -0.339. The Morgan fingerprint density at radius 3 is 2.28 bits per heavy atom. The lowest BCUT2D eigenvalue weighted by atomic mass is 10.2. The molecule has 32 heavy (non-hydrogen) atoms. The maximum atomic E-state index is 13.0. The van der Waals surface area contributed by atoms with E-state index in [9.17, 15) is 18.0 Å². The monoisotopic (exact) mass is 467 g/mol. The average molecular weight is 468 g/mol. The van der Waals surface area contributed by atoms with Crippen LogP contribution < -0.4 is 5.32 Å². The third-order valence-corrected chi connectivity index (χ3v) is 7.51. The quantitative estimate of drug-likeness (QED) is 0.646. The molecule has 2 saturated heterocycles. The number of nitrogens with zero attached hydrogens (tertiary/aromatic N) is 4. The van der Waals surface area contributed by atoms with E-state index in [1.54, 1.807) is 38.4 Å². The van der Waals surface area contributed by atoms with E-state index in [4.69, 9.17) is 4.74 Å². The van der Waals surface area contributed by atoms with Crippen LogP contribution in [-0.4, -0.2) is 111 Å². The zero-order valence-corrected chi connectivity index (χ0v) is 20.0. The average Bonchev–Trinajstić information content (AvgIpc) is 2.73. The smallest absolute Gasteiger partial charge is 0.282 e. The normalized spacial score (nSPS) is 23.6. The second kappa shape index (κ2) is 10.3. The minimum Gasteiger partial charge on any atom is -0.373 e. The maximum absolute atomic E-state index is 13.0. The third kappa shape index (κ3) is 6.04. The standard InChI is InChI=1S/C21H33N5O5S/c1-16-13-26(14-17(2)31-16)32(29,30)25-10-8-24(9-11-25)15-20(27)22-19-7-5-6-18(12-19)21(28)23(3)4/h5-7,12,16-17H,8-11,13-15H2,1-4H3,(H,22,27). The number of hydrogen-bond acceptors (Lipinski definition) is 6. The van der Waals surface area contributed by atoms with E-state index in [0.717, 1.165) is 0 Å². The molecule has 0 spiro atoms. The first-order valence-electron chi connectivity index (χ1n) is 10.8. The van der Waals surface area contributed by atoms with Gasteiger partial charge in [0.2, 0.25) is 5.91 Å². The van der Waals surface area contributed by atoms with Gasteiger partial charge in [-0.15, -0.1) is 0 Å². The summed E-state index contributed by atoms with van der Waals surface area (Å²) in [5, 5.41) is 2.82. The molecule has 178 valence electrons. The number of rotatable bonds is 6. The van der Waals surface area contributed by atoms with Crippen LogP contribution >= 0.6 is 0 Å². The van der Waals surface area contributed by atoms with E-state index in [1.807, 2.05) is 18.7 Å². The fourth-order valence-electron chi connectivity index (χ4n) is 3.99. The summed E-state index contributed by atoms with van der Waals surface area (Å²) >= 11 is 0. The summed E-state index contributed by atoms with van der Waals surface area (Å²) < 4.78 is 34.6. The minimum atomic E-state index is -3.55. The lowest BCUT2D eigenvalue weighted by Gasteiger charge is -2.40. The fourth-order valence-corrected chi connectivity index (χ4v) is 5.74. The van der Waals surface area contributed by atoms with Gasteiger partial charge in [-0.05, 0) is 32.0 Å². The lowest BCUT2D eigenvalue weighted by Crippen LogP contribution is -2.57. The number of amides is 2. The summed E-state index contributed by atoms with van der Waals surface area (Å²) in [6, 6.07) is 6.81. The van der Waals surface area contributed by atoms with Gasteiger partial charge < -0.3 is 15.0 Å². The van der Waals surface area contributed by atoms with Gasteiger partial charge in [0.25, 0.3) is 16.1 Å². The first kappa shape index (κ1) is 24.6. The zero-order chi connectivity index (χ0) is 23.5. The van der Waals surface area contributed by atoms with Crippen molar-refractivity contribution in [2.75, 3.05) is 65.2 Å². The highest BCUT2D eigenvalue weighted by atomic mass is 32.2. The first-order chi connectivity index (χ1) is 15.1. The molecule has 2 aliphatic heterocycles. The fraction of sp³-hybridized carbons (Fsp3) is 0.619. The highest BCUT2D eigenvalue weighted by Crippen LogP contribution is 2.19. The van der Waals surface area contributed by atoms with Crippen LogP contribution in [0.2, 0.25) is 0 Å². The van der Waals surface area contributed by atoms with Crippen LogP contribution in [0.4, 0.5) is 5.69 Å². The predicted molar refractivity (Wildman–Crippen MR) is 122 cm³/mol. The summed E-state index contributed by atoms with van der Waals surface area (Å²) in [4.78, 5) is 28.0. The SMILES string of the molecule is CC1CN(S(=O)(=O)N2CCN(CC(=O)Nc3cccc(C(=O)N(C)C)c3)CC2)CC(C)O1. The van der Waals surface area contributed by atoms with Crippen molar-refractivity contribution in [2.24, 2.45) is 0 Å². The van der Waals surface area contributed by atoms with Crippen LogP contribution in [0.25, 0.3) is 0 Å². The van der Waals surface area contributed by atoms with Crippen molar-refractivity contribution in [1.29, 1.82) is 0 Å². The van der Waals surface area contributed by atoms with Crippen LogP contribution in [0.1, 0.15) is 24.2 Å². The van der Waals surface area contributed by atoms with Crippen molar-refractivity contribution in [3.05, 3.63) is 29.8 Å². The molecule has 10 nitrogen and oxygen atoms in total. The maximum Gasteiger partial charge on any atom is 0.282 e. The summed E-state index contributed by atoms with van der Waals surface area (Å²) in [7, 11) is -0.199. The molecule has 2 fully saturated rings. The van der Waals surface area contributed by atoms with Gasteiger partial charge in [0.15, 0.2) is 0 Å². The van der Waals surface area contributed by atoms with Gasteiger partial charge in [-0.3, -0.25) is 14.5 Å². The van der Waals surface area contributed by atoms with Crippen molar-refractivity contribution >= 4 is 27.7 Å². The van der Waals surface area contributed by atoms with Gasteiger partial charge in [0.1, 0.15) is 0 Å². The van der Waals surface area contributed by atoms with Gasteiger partial charge in [-0.1, -0.05) is 6.07 Å². The zero-order valence-electron chi connectivity index (χ0n) is 19.2. The van der Waals surface area contributed by atoms with Crippen molar-refractivity contribution in [2.45, 2.75) is 26.1 Å². The molecule has 2 amide bonds. The number of piperazine rings is 1. The molecule has 2 heterocycles. The molecule has 2 unspecified atom stereocenters. The second-order valence-corrected chi connectivity index (χ2v) is 10.5. The van der Waals surface area contributed by atoms with Gasteiger partial charge in [0, 0.05) is 64.6 Å². The molecular formula is C21H33N5O5S. The van der Waals surface area contributed by atoms with E-state index in [2.05, 4.69) is 5.32 Å². The highest BCUT2D eigenvalue weighted by molar-refractivity contribution is 7.86. The highest BCUT2D eigenvalue weighted by Gasteiger charge is 2.36. The van der Waals surface area contributed by atoms with Crippen LogP contribution in [0.3, 0.4) is 0 Å². The van der Waals surface area contributed by atoms with E-state index in [-0.39, 0.29) is 30.6 Å². The molecule has 1 N–H and O–H groups in total. The number of carbonyl (C=O) groups excluding carboxylic acids is 2. The number of hydrogen-bond donors (Lipinski definition) is 1. The number of benzene rings is 1. The molecule has 3 rings (SSSR count). The van der Waals surface area contributed by atoms with E-state index in [0.29, 0.717) is 50.5 Å². The topological polar surface area (TPSA) is 102 Å². The number of nitrogens with one attached hydrogen (secondary N) is 1. The Morgan fingerprint density at radius 2 is 1.69 bits per heavy atom. The number of carbonyl (C=O) groups is 2. The van der Waals surface area contributed by atoms with Gasteiger partial charge in [-0.25, -0.2) is 0 Å². The van der Waals surface area contributed by atoms with E-state index < -0.39 is 10.2 Å². The Bertz CT molecular complexity index is 920. The van der Waals surface area contributed by atoms with Crippen molar-refractivity contribution in [3.8, 4) is 0 Å². The van der Waals surface area contributed by atoms with E-state index in [1.165, 1.54) is 13.5 Å². The molecule has 0 bridgehead atoms. The van der Waals surface area contributed by atoms with E-state index >= 15 is 0 Å².